The van der Waals surface area contributed by atoms with Gasteiger partial charge in [-0.25, -0.2) is 0 Å². The number of hydrogen-bond acceptors (Lipinski definition) is 2. The lowest BCUT2D eigenvalue weighted by Crippen LogP contribution is -2.33. The molecule has 2 aliphatic rings. The highest BCUT2D eigenvalue weighted by Gasteiger charge is 2.22. The fraction of sp³-hybridized carbons (Fsp3) is 0.600. The summed E-state index contributed by atoms with van der Waals surface area (Å²) < 4.78 is 5.76. The van der Waals surface area contributed by atoms with E-state index in [0.29, 0.717) is 5.92 Å². The van der Waals surface area contributed by atoms with Crippen LogP contribution in [0.3, 0.4) is 0 Å². The van der Waals surface area contributed by atoms with Crippen LogP contribution in [0.25, 0.3) is 0 Å². The van der Waals surface area contributed by atoms with Gasteiger partial charge in [0.25, 0.3) is 0 Å². The summed E-state index contributed by atoms with van der Waals surface area (Å²) >= 11 is 12.1. The Morgan fingerprint density at radius 1 is 1.26 bits per heavy atom. The minimum absolute atomic E-state index is 0.694. The predicted molar refractivity (Wildman–Crippen MR) is 79.4 cm³/mol. The topological polar surface area (TPSA) is 12.5 Å². The van der Waals surface area contributed by atoms with Crippen LogP contribution in [0.4, 0.5) is 0 Å². The highest BCUT2D eigenvalue weighted by Crippen LogP contribution is 2.34. The molecule has 19 heavy (non-hydrogen) atoms. The van der Waals surface area contributed by atoms with Crippen molar-refractivity contribution in [1.82, 2.24) is 4.90 Å². The van der Waals surface area contributed by atoms with Crippen LogP contribution in [0, 0.1) is 5.92 Å². The molecule has 0 aromatic heterocycles. The number of nitrogens with zero attached hydrogens (tertiary/aromatic N) is 1. The molecule has 0 bridgehead atoms. The fourth-order valence-corrected chi connectivity index (χ4v) is 3.58. The first-order valence-electron chi connectivity index (χ1n) is 6.98. The van der Waals surface area contributed by atoms with E-state index in [2.05, 4.69) is 11.0 Å². The number of hydrogen-bond donors (Lipinski definition) is 0. The van der Waals surface area contributed by atoms with E-state index in [9.17, 15) is 0 Å². The van der Waals surface area contributed by atoms with Crippen LogP contribution in [0.2, 0.25) is 5.02 Å². The molecule has 0 amide bonds. The summed E-state index contributed by atoms with van der Waals surface area (Å²) in [5, 5.41) is 0.829. The van der Waals surface area contributed by atoms with Gasteiger partial charge in [0.05, 0.1) is 6.61 Å². The van der Waals surface area contributed by atoms with Crippen LogP contribution in [-0.4, -0.2) is 30.5 Å². The van der Waals surface area contributed by atoms with Gasteiger partial charge in [-0.1, -0.05) is 11.6 Å². The summed E-state index contributed by atoms with van der Waals surface area (Å²) in [7, 11) is 0. The summed E-state index contributed by atoms with van der Waals surface area (Å²) in [6.07, 6.45) is 3.39. The molecule has 0 spiro atoms. The number of benzene rings is 1. The maximum atomic E-state index is 6.20. The van der Waals surface area contributed by atoms with Crippen molar-refractivity contribution >= 4 is 23.2 Å². The zero-order chi connectivity index (χ0) is 13.2. The number of likely N-dealkylation sites (tertiary alicyclic amines) is 1. The second-order valence-corrected chi connectivity index (χ2v) is 6.27. The summed E-state index contributed by atoms with van der Waals surface area (Å²) in [5.74, 6) is 2.56. The third kappa shape index (κ3) is 3.01. The zero-order valence-electron chi connectivity index (χ0n) is 11.0. The Kier molecular flexibility index (Phi) is 4.21. The van der Waals surface area contributed by atoms with E-state index in [1.165, 1.54) is 24.0 Å². The summed E-state index contributed by atoms with van der Waals surface area (Å²) in [6.45, 7) is 3.98. The molecule has 2 aliphatic heterocycles. The molecular weight excluding hydrogens is 281 g/mol. The van der Waals surface area contributed by atoms with Gasteiger partial charge in [0.1, 0.15) is 5.75 Å². The quantitative estimate of drug-likeness (QED) is 0.789. The van der Waals surface area contributed by atoms with Crippen molar-refractivity contribution in [3.05, 3.63) is 28.3 Å². The smallest absolute Gasteiger partial charge is 0.127 e. The van der Waals surface area contributed by atoms with Gasteiger partial charge in [-0.2, -0.15) is 0 Å². The van der Waals surface area contributed by atoms with Gasteiger partial charge < -0.3 is 4.74 Å². The van der Waals surface area contributed by atoms with Crippen LogP contribution in [-0.2, 0) is 13.0 Å². The van der Waals surface area contributed by atoms with Gasteiger partial charge in [-0.3, -0.25) is 4.90 Å². The van der Waals surface area contributed by atoms with E-state index < -0.39 is 0 Å². The average Bonchev–Trinajstić information content (AvgIpc) is 2.88. The Morgan fingerprint density at radius 3 is 2.79 bits per heavy atom. The van der Waals surface area contributed by atoms with Gasteiger partial charge >= 0.3 is 0 Å². The van der Waals surface area contributed by atoms with E-state index >= 15 is 0 Å². The highest BCUT2D eigenvalue weighted by atomic mass is 35.5. The Bertz CT molecular complexity index is 456. The monoisotopic (exact) mass is 299 g/mol. The summed E-state index contributed by atoms with van der Waals surface area (Å²) in [5.41, 5.74) is 2.50. The summed E-state index contributed by atoms with van der Waals surface area (Å²) in [4.78, 5) is 2.48. The predicted octanol–water partition coefficient (Wildman–Crippen LogP) is 3.73. The van der Waals surface area contributed by atoms with Gasteiger partial charge in [0.2, 0.25) is 0 Å². The Morgan fingerprint density at radius 2 is 2.05 bits per heavy atom. The molecule has 0 aliphatic carbocycles. The number of halogens is 2. The first-order chi connectivity index (χ1) is 9.26. The normalized spacial score (nSPS) is 20.3. The number of piperidine rings is 1. The van der Waals surface area contributed by atoms with Crippen molar-refractivity contribution in [3.63, 3.8) is 0 Å². The molecule has 2 nitrogen and oxygen atoms in total. The van der Waals surface area contributed by atoms with Crippen molar-refractivity contribution in [3.8, 4) is 5.75 Å². The SMILES string of the molecule is ClCC1CCN(Cc2cc(Cl)cc3c2OCC3)CC1. The van der Waals surface area contributed by atoms with E-state index in [1.807, 2.05) is 6.07 Å². The minimum Gasteiger partial charge on any atom is -0.493 e. The molecule has 1 aromatic rings. The van der Waals surface area contributed by atoms with E-state index in [0.717, 1.165) is 49.3 Å². The second-order valence-electron chi connectivity index (χ2n) is 5.53. The van der Waals surface area contributed by atoms with Crippen LogP contribution in [0.15, 0.2) is 12.1 Å². The van der Waals surface area contributed by atoms with Crippen LogP contribution >= 0.6 is 23.2 Å². The van der Waals surface area contributed by atoms with Crippen LogP contribution in [0.1, 0.15) is 24.0 Å². The maximum Gasteiger partial charge on any atom is 0.127 e. The molecule has 0 unspecified atom stereocenters. The lowest BCUT2D eigenvalue weighted by atomic mass is 9.98. The lowest BCUT2D eigenvalue weighted by molar-refractivity contribution is 0.184. The third-order valence-corrected chi connectivity index (χ3v) is 4.80. The molecule has 104 valence electrons. The molecule has 1 aromatic carbocycles. The molecule has 0 radical (unpaired) electrons. The fourth-order valence-electron chi connectivity index (χ4n) is 3.00. The number of ether oxygens (including phenoxy) is 1. The number of fused-ring (bicyclic) bond motifs is 1. The first kappa shape index (κ1) is 13.5. The molecule has 3 rings (SSSR count). The van der Waals surface area contributed by atoms with Crippen molar-refractivity contribution in [2.75, 3.05) is 25.6 Å². The van der Waals surface area contributed by atoms with Gasteiger partial charge in [0, 0.05) is 29.4 Å². The molecule has 1 fully saturated rings. The van der Waals surface area contributed by atoms with E-state index in [-0.39, 0.29) is 0 Å². The van der Waals surface area contributed by atoms with E-state index in [4.69, 9.17) is 27.9 Å². The molecule has 0 atom stereocenters. The number of alkyl halides is 1. The molecule has 2 heterocycles. The highest BCUT2D eigenvalue weighted by molar-refractivity contribution is 6.30. The van der Waals surface area contributed by atoms with Gasteiger partial charge in [-0.15, -0.1) is 11.6 Å². The van der Waals surface area contributed by atoms with Crippen molar-refractivity contribution in [2.45, 2.75) is 25.8 Å². The molecule has 0 N–H and O–H groups in total. The average molecular weight is 300 g/mol. The van der Waals surface area contributed by atoms with E-state index in [1.54, 1.807) is 0 Å². The molecular formula is C15H19Cl2NO. The maximum absolute atomic E-state index is 6.20. The molecule has 1 saturated heterocycles. The van der Waals surface area contributed by atoms with Crippen LogP contribution in [0.5, 0.6) is 5.75 Å². The first-order valence-corrected chi connectivity index (χ1v) is 7.90. The summed E-state index contributed by atoms with van der Waals surface area (Å²) in [6, 6.07) is 4.09. The molecule has 0 saturated carbocycles. The molecule has 4 heteroatoms. The van der Waals surface area contributed by atoms with Crippen LogP contribution < -0.4 is 4.74 Å². The third-order valence-electron chi connectivity index (χ3n) is 4.14. The van der Waals surface area contributed by atoms with Crippen molar-refractivity contribution < 1.29 is 4.74 Å². The minimum atomic E-state index is 0.694. The largest absolute Gasteiger partial charge is 0.493 e. The lowest BCUT2D eigenvalue weighted by Gasteiger charge is -2.31. The van der Waals surface area contributed by atoms with Crippen molar-refractivity contribution in [1.29, 1.82) is 0 Å². The number of rotatable bonds is 3. The zero-order valence-corrected chi connectivity index (χ0v) is 12.5. The van der Waals surface area contributed by atoms with Gasteiger partial charge in [0.15, 0.2) is 0 Å². The Hall–Kier alpha value is -0.440. The second kappa shape index (κ2) is 5.90. The van der Waals surface area contributed by atoms with Gasteiger partial charge in [-0.05, 0) is 49.5 Å². The Balaban J connectivity index is 1.70. The van der Waals surface area contributed by atoms with Crippen molar-refractivity contribution in [2.24, 2.45) is 5.92 Å². The standard InChI is InChI=1S/C15H19Cl2NO/c16-9-11-1-4-18(5-2-11)10-13-8-14(17)7-12-3-6-19-15(12)13/h7-8,11H,1-6,9-10H2. The Labute approximate surface area is 124 Å².